The first-order valence-electron chi connectivity index (χ1n) is 8.84. The number of nitrogens with two attached hydrogens (primary N) is 2. The average Bonchev–Trinajstić information content (AvgIpc) is 2.64. The third kappa shape index (κ3) is 11.9. The fourth-order valence-electron chi connectivity index (χ4n) is 2.94. The fraction of sp³-hybridized carbons (Fsp3) is 0.444. The summed E-state index contributed by atoms with van der Waals surface area (Å²) >= 11 is 7.54. The van der Waals surface area contributed by atoms with E-state index >= 15 is 0 Å². The van der Waals surface area contributed by atoms with Gasteiger partial charge in [-0.1, -0.05) is 35.5 Å². The van der Waals surface area contributed by atoms with Gasteiger partial charge < -0.3 is 38.1 Å². The summed E-state index contributed by atoms with van der Waals surface area (Å²) in [6.07, 6.45) is 1.70. The molecule has 11 N–H and O–H groups in total. The van der Waals surface area contributed by atoms with Crippen LogP contribution in [0.4, 0.5) is 11.6 Å². The summed E-state index contributed by atoms with van der Waals surface area (Å²) in [5.41, 5.74) is 14.1. The molecule has 0 unspecified atom stereocenters. The van der Waals surface area contributed by atoms with E-state index in [1.54, 1.807) is 11.8 Å². The van der Waals surface area contributed by atoms with Gasteiger partial charge in [-0.05, 0) is 30.7 Å². The maximum atomic E-state index is 6.14. The average molecular weight is 556 g/mol. The van der Waals surface area contributed by atoms with Gasteiger partial charge in [-0.15, -0.1) is 37.2 Å². The summed E-state index contributed by atoms with van der Waals surface area (Å²) in [7, 11) is 0. The second-order valence-corrected chi connectivity index (χ2v) is 7.85. The molecule has 0 aliphatic carbocycles. The molecule has 0 spiro atoms. The van der Waals surface area contributed by atoms with Crippen molar-refractivity contribution in [3.05, 3.63) is 40.4 Å². The number of anilines is 2. The van der Waals surface area contributed by atoms with Crippen molar-refractivity contribution in [2.45, 2.75) is 18.0 Å². The summed E-state index contributed by atoms with van der Waals surface area (Å²) in [4.78, 5) is 11.3. The van der Waals surface area contributed by atoms with Crippen LogP contribution in [0, 0.1) is 0 Å². The van der Waals surface area contributed by atoms with E-state index in [0.717, 1.165) is 56.0 Å². The standard InChI is InChI=1S/C18H25ClN6S.3ClH.3H2O/c19-14-4-2-13(3-5-14)12-15-16(20)23-18(24-17(15)21)26-11-1-8-25-9-6-22-7-10-25;;;;;;/h2-5,22H,1,6-12H2,(H4,20,21,23,24);3*1H;3*1H2. The van der Waals surface area contributed by atoms with Crippen LogP contribution in [0.1, 0.15) is 17.5 Å². The Hall–Kier alpha value is -0.790. The Morgan fingerprint density at radius 2 is 1.47 bits per heavy atom. The van der Waals surface area contributed by atoms with Crippen molar-refractivity contribution in [3.8, 4) is 0 Å². The molecular weight excluding hydrogens is 522 g/mol. The van der Waals surface area contributed by atoms with Crippen LogP contribution < -0.4 is 16.8 Å². The van der Waals surface area contributed by atoms with Crippen molar-refractivity contribution < 1.29 is 16.4 Å². The lowest BCUT2D eigenvalue weighted by Gasteiger charge is -2.26. The molecule has 3 rings (SSSR count). The number of nitrogen functional groups attached to an aromatic ring is 2. The molecule has 0 atom stereocenters. The first-order chi connectivity index (χ1) is 12.6. The molecule has 1 fully saturated rings. The lowest BCUT2D eigenvalue weighted by Crippen LogP contribution is -2.43. The van der Waals surface area contributed by atoms with E-state index in [1.807, 2.05) is 24.3 Å². The van der Waals surface area contributed by atoms with Crippen LogP contribution >= 0.6 is 60.6 Å². The Kier molecular flexibility index (Phi) is 23.6. The molecular formula is C18H34Cl4N6O3S. The molecule has 0 radical (unpaired) electrons. The molecule has 9 nitrogen and oxygen atoms in total. The zero-order valence-electron chi connectivity index (χ0n) is 17.5. The lowest BCUT2D eigenvalue weighted by molar-refractivity contribution is 0.242. The van der Waals surface area contributed by atoms with E-state index < -0.39 is 0 Å². The number of aromatic nitrogens is 2. The topological polar surface area (TPSA) is 188 Å². The summed E-state index contributed by atoms with van der Waals surface area (Å²) in [5, 5.41) is 4.73. The first-order valence-corrected chi connectivity index (χ1v) is 10.2. The summed E-state index contributed by atoms with van der Waals surface area (Å²) in [6, 6.07) is 7.62. The Bertz CT molecular complexity index is 720. The van der Waals surface area contributed by atoms with E-state index in [9.17, 15) is 0 Å². The highest BCUT2D eigenvalue weighted by atomic mass is 35.5. The number of hydrogen-bond acceptors (Lipinski definition) is 7. The van der Waals surface area contributed by atoms with Crippen molar-refractivity contribution in [2.75, 3.05) is 49.9 Å². The van der Waals surface area contributed by atoms with Crippen molar-refractivity contribution in [2.24, 2.45) is 0 Å². The lowest BCUT2D eigenvalue weighted by atomic mass is 10.1. The van der Waals surface area contributed by atoms with E-state index in [0.29, 0.717) is 28.2 Å². The smallest absolute Gasteiger partial charge is 0.191 e. The van der Waals surface area contributed by atoms with Crippen molar-refractivity contribution in [1.29, 1.82) is 0 Å². The second-order valence-electron chi connectivity index (χ2n) is 6.35. The van der Waals surface area contributed by atoms with Crippen molar-refractivity contribution in [3.63, 3.8) is 0 Å². The molecule has 2 aromatic rings. The Morgan fingerprint density at radius 1 is 0.938 bits per heavy atom. The fourth-order valence-corrected chi connectivity index (χ4v) is 3.84. The predicted octanol–water partition coefficient (Wildman–Crippen LogP) is 1.06. The quantitative estimate of drug-likeness (QED) is 0.258. The van der Waals surface area contributed by atoms with Crippen LogP contribution in [-0.4, -0.2) is 69.8 Å². The zero-order valence-corrected chi connectivity index (χ0v) is 21.5. The van der Waals surface area contributed by atoms with Crippen molar-refractivity contribution >= 4 is 72.2 Å². The van der Waals surface area contributed by atoms with E-state index in [1.165, 1.54) is 0 Å². The van der Waals surface area contributed by atoms with Gasteiger partial charge in [0.1, 0.15) is 11.6 Å². The van der Waals surface area contributed by atoms with Gasteiger partial charge >= 0.3 is 0 Å². The van der Waals surface area contributed by atoms with E-state index in [2.05, 4.69) is 20.2 Å². The molecule has 1 aliphatic heterocycles. The van der Waals surface area contributed by atoms with Gasteiger partial charge in [-0.2, -0.15) is 0 Å². The second kappa shape index (κ2) is 19.7. The number of nitrogens with zero attached hydrogens (tertiary/aromatic N) is 3. The SMILES string of the molecule is Cl.Cl.Cl.Nc1nc(SCCCN2CCNCC2)nc(N)c1Cc1ccc(Cl)cc1.O.O.O. The number of nitrogens with one attached hydrogen (secondary N) is 1. The number of halogens is 4. The Labute approximate surface area is 216 Å². The number of hydrogen-bond donors (Lipinski definition) is 3. The van der Waals surface area contributed by atoms with Crippen LogP contribution in [-0.2, 0) is 6.42 Å². The normalized spacial score (nSPS) is 12.4. The zero-order chi connectivity index (χ0) is 18.4. The maximum Gasteiger partial charge on any atom is 0.191 e. The number of thioether (sulfide) groups is 1. The summed E-state index contributed by atoms with van der Waals surface area (Å²) in [5.74, 6) is 1.87. The minimum Gasteiger partial charge on any atom is -0.412 e. The number of benzene rings is 1. The highest BCUT2D eigenvalue weighted by Crippen LogP contribution is 2.25. The highest BCUT2D eigenvalue weighted by Gasteiger charge is 2.12. The molecule has 1 aromatic heterocycles. The number of rotatable bonds is 7. The molecule has 14 heteroatoms. The van der Waals surface area contributed by atoms with Gasteiger partial charge in [-0.3, -0.25) is 0 Å². The summed E-state index contributed by atoms with van der Waals surface area (Å²) < 4.78 is 0. The molecule has 0 amide bonds. The third-order valence-electron chi connectivity index (χ3n) is 4.40. The molecule has 188 valence electrons. The summed E-state index contributed by atoms with van der Waals surface area (Å²) in [6.45, 7) is 5.52. The molecule has 32 heavy (non-hydrogen) atoms. The minimum atomic E-state index is 0. The molecule has 1 aromatic carbocycles. The monoisotopic (exact) mass is 554 g/mol. The molecule has 0 saturated carbocycles. The van der Waals surface area contributed by atoms with E-state index in [4.69, 9.17) is 23.1 Å². The molecule has 1 saturated heterocycles. The number of piperazine rings is 1. The Morgan fingerprint density at radius 3 is 2.00 bits per heavy atom. The third-order valence-corrected chi connectivity index (χ3v) is 5.59. The van der Waals surface area contributed by atoms with Gasteiger partial charge in [0, 0.05) is 48.9 Å². The van der Waals surface area contributed by atoms with Crippen LogP contribution in [0.5, 0.6) is 0 Å². The van der Waals surface area contributed by atoms with Crippen molar-refractivity contribution in [1.82, 2.24) is 20.2 Å². The van der Waals surface area contributed by atoms with Gasteiger partial charge in [0.15, 0.2) is 5.16 Å². The Balaban J connectivity index is -0.000000653. The van der Waals surface area contributed by atoms with E-state index in [-0.39, 0.29) is 53.6 Å². The van der Waals surface area contributed by atoms with Crippen LogP contribution in [0.15, 0.2) is 29.4 Å². The minimum absolute atomic E-state index is 0. The van der Waals surface area contributed by atoms with Gasteiger partial charge in [0.25, 0.3) is 0 Å². The molecule has 1 aliphatic rings. The van der Waals surface area contributed by atoms with Gasteiger partial charge in [0.2, 0.25) is 0 Å². The van der Waals surface area contributed by atoms with Crippen LogP contribution in [0.25, 0.3) is 0 Å². The largest absolute Gasteiger partial charge is 0.412 e. The van der Waals surface area contributed by atoms with Crippen LogP contribution in [0.2, 0.25) is 5.02 Å². The molecule has 2 heterocycles. The highest BCUT2D eigenvalue weighted by molar-refractivity contribution is 7.99. The van der Waals surface area contributed by atoms with Gasteiger partial charge in [-0.25, -0.2) is 9.97 Å². The predicted molar refractivity (Wildman–Crippen MR) is 142 cm³/mol. The molecule has 0 bridgehead atoms. The van der Waals surface area contributed by atoms with Crippen LogP contribution in [0.3, 0.4) is 0 Å². The first kappa shape index (κ1) is 38.5. The maximum absolute atomic E-state index is 6.14. The van der Waals surface area contributed by atoms with Gasteiger partial charge in [0.05, 0.1) is 0 Å².